The Balaban J connectivity index is 2.02. The number of hydrogen-bond donors (Lipinski definition) is 1. The normalized spacial score (nSPS) is 20.2. The molecule has 1 aliphatic rings. The molecule has 0 saturated carbocycles. The van der Waals surface area contributed by atoms with Crippen molar-refractivity contribution in [1.82, 2.24) is 4.31 Å². The maximum atomic E-state index is 12.3. The molecule has 0 bridgehead atoms. The number of nitrogens with one attached hydrogen (secondary N) is 1. The van der Waals surface area contributed by atoms with Gasteiger partial charge >= 0.3 is 0 Å². The first-order chi connectivity index (χ1) is 9.92. The van der Waals surface area contributed by atoms with E-state index in [1.807, 2.05) is 0 Å². The minimum absolute atomic E-state index is 0.0651. The zero-order chi connectivity index (χ0) is 15.5. The maximum Gasteiger partial charge on any atom is 0.228 e. The molecular weight excluding hydrogens is 312 g/mol. The Labute approximate surface area is 130 Å². The Morgan fingerprint density at radius 3 is 2.90 bits per heavy atom. The molecule has 5 nitrogen and oxygen atoms in total. The molecule has 7 heteroatoms. The third-order valence-electron chi connectivity index (χ3n) is 3.61. The Morgan fingerprint density at radius 1 is 1.48 bits per heavy atom. The fraction of sp³-hybridized carbons (Fsp3) is 0.500. The van der Waals surface area contributed by atoms with Crippen LogP contribution in [-0.4, -0.2) is 37.5 Å². The molecule has 0 unspecified atom stereocenters. The van der Waals surface area contributed by atoms with Gasteiger partial charge in [-0.25, -0.2) is 12.7 Å². The fourth-order valence-corrected chi connectivity index (χ4v) is 3.77. The van der Waals surface area contributed by atoms with Crippen LogP contribution in [0.4, 0.5) is 5.69 Å². The summed E-state index contributed by atoms with van der Waals surface area (Å²) in [5.41, 5.74) is 0.628. The standard InChI is InChI=1S/C14H19ClN2O3S/c1-2-21(19,20)17-8-4-5-11(10-17)14(18)16-13-7-3-6-12(15)9-13/h3,6-7,9,11H,2,4-5,8,10H2,1H3,(H,16,18)/t11-/m1/s1. The van der Waals surface area contributed by atoms with Gasteiger partial charge in [-0.05, 0) is 38.0 Å². The number of amides is 1. The summed E-state index contributed by atoms with van der Waals surface area (Å²) < 4.78 is 25.2. The number of hydrogen-bond acceptors (Lipinski definition) is 3. The van der Waals surface area contributed by atoms with E-state index in [0.29, 0.717) is 30.1 Å². The van der Waals surface area contributed by atoms with Crippen LogP contribution in [0.15, 0.2) is 24.3 Å². The summed E-state index contributed by atoms with van der Waals surface area (Å²) in [6.07, 6.45) is 1.40. The van der Waals surface area contributed by atoms with Crippen molar-refractivity contribution < 1.29 is 13.2 Å². The van der Waals surface area contributed by atoms with E-state index in [2.05, 4.69) is 5.32 Å². The number of halogens is 1. The molecule has 1 fully saturated rings. The van der Waals surface area contributed by atoms with Crippen LogP contribution < -0.4 is 5.32 Å². The lowest BCUT2D eigenvalue weighted by atomic mass is 9.99. The molecule has 0 radical (unpaired) electrons. The van der Waals surface area contributed by atoms with Crippen molar-refractivity contribution in [3.8, 4) is 0 Å². The molecule has 116 valence electrons. The van der Waals surface area contributed by atoms with Crippen LogP contribution in [-0.2, 0) is 14.8 Å². The van der Waals surface area contributed by atoms with Crippen LogP contribution in [0.2, 0.25) is 5.02 Å². The number of sulfonamides is 1. The highest BCUT2D eigenvalue weighted by molar-refractivity contribution is 7.89. The van der Waals surface area contributed by atoms with E-state index in [9.17, 15) is 13.2 Å². The Bertz CT molecular complexity index is 618. The summed E-state index contributed by atoms with van der Waals surface area (Å²) >= 11 is 5.88. The summed E-state index contributed by atoms with van der Waals surface area (Å²) in [7, 11) is -3.24. The van der Waals surface area contributed by atoms with Crippen molar-refractivity contribution in [2.75, 3.05) is 24.2 Å². The molecule has 0 aliphatic carbocycles. The summed E-state index contributed by atoms with van der Waals surface area (Å²) in [6, 6.07) is 6.91. The number of nitrogens with zero attached hydrogens (tertiary/aromatic N) is 1. The monoisotopic (exact) mass is 330 g/mol. The van der Waals surface area contributed by atoms with E-state index >= 15 is 0 Å². The van der Waals surface area contributed by atoms with Gasteiger partial charge in [-0.2, -0.15) is 0 Å². The second-order valence-corrected chi connectivity index (χ2v) is 7.79. The van der Waals surface area contributed by atoms with Gasteiger partial charge in [-0.3, -0.25) is 4.79 Å². The van der Waals surface area contributed by atoms with Crippen molar-refractivity contribution in [2.24, 2.45) is 5.92 Å². The largest absolute Gasteiger partial charge is 0.326 e. The van der Waals surface area contributed by atoms with E-state index in [0.717, 1.165) is 0 Å². The first kappa shape index (κ1) is 16.3. The highest BCUT2D eigenvalue weighted by atomic mass is 35.5. The molecule has 2 rings (SSSR count). The van der Waals surface area contributed by atoms with E-state index in [4.69, 9.17) is 11.6 Å². The van der Waals surface area contributed by atoms with Crippen molar-refractivity contribution in [3.05, 3.63) is 29.3 Å². The Morgan fingerprint density at radius 2 is 2.24 bits per heavy atom. The predicted octanol–water partition coefficient (Wildman–Crippen LogP) is 2.34. The van der Waals surface area contributed by atoms with Gasteiger partial charge in [-0.1, -0.05) is 17.7 Å². The number of rotatable bonds is 4. The van der Waals surface area contributed by atoms with Crippen LogP contribution in [0, 0.1) is 5.92 Å². The summed E-state index contributed by atoms with van der Waals surface area (Å²) in [4.78, 5) is 12.3. The quantitative estimate of drug-likeness (QED) is 0.921. The molecule has 1 aromatic rings. The number of piperidine rings is 1. The summed E-state index contributed by atoms with van der Waals surface area (Å²) in [6.45, 7) is 2.37. The number of carbonyl (C=O) groups is 1. The number of benzene rings is 1. The van der Waals surface area contributed by atoms with Crippen LogP contribution in [0.3, 0.4) is 0 Å². The van der Waals surface area contributed by atoms with Crippen LogP contribution in [0.25, 0.3) is 0 Å². The summed E-state index contributed by atoms with van der Waals surface area (Å²) in [5, 5.41) is 3.35. The average Bonchev–Trinajstić information content (AvgIpc) is 2.47. The summed E-state index contributed by atoms with van der Waals surface area (Å²) in [5.74, 6) is -0.414. The van der Waals surface area contributed by atoms with Crippen LogP contribution in [0.5, 0.6) is 0 Å². The third kappa shape index (κ3) is 4.18. The maximum absolute atomic E-state index is 12.3. The molecule has 1 atom stereocenters. The molecule has 21 heavy (non-hydrogen) atoms. The average molecular weight is 331 g/mol. The SMILES string of the molecule is CCS(=O)(=O)N1CCC[C@@H](C(=O)Nc2cccc(Cl)c2)C1. The molecule has 0 aromatic heterocycles. The van der Waals surface area contributed by atoms with Gasteiger partial charge in [0.25, 0.3) is 0 Å². The highest BCUT2D eigenvalue weighted by Gasteiger charge is 2.31. The van der Waals surface area contributed by atoms with Crippen LogP contribution in [0.1, 0.15) is 19.8 Å². The smallest absolute Gasteiger partial charge is 0.228 e. The number of anilines is 1. The third-order valence-corrected chi connectivity index (χ3v) is 5.69. The molecule has 1 aromatic carbocycles. The van der Waals surface area contributed by atoms with Crippen molar-refractivity contribution in [2.45, 2.75) is 19.8 Å². The Hall–Kier alpha value is -1.11. The van der Waals surface area contributed by atoms with Crippen LogP contribution >= 0.6 is 11.6 Å². The minimum atomic E-state index is -3.24. The van der Waals surface area contributed by atoms with E-state index in [1.165, 1.54) is 4.31 Å². The minimum Gasteiger partial charge on any atom is -0.326 e. The van der Waals surface area contributed by atoms with Gasteiger partial charge < -0.3 is 5.32 Å². The Kier molecular flexibility index (Phi) is 5.24. The van der Waals surface area contributed by atoms with Crippen molar-refractivity contribution in [3.63, 3.8) is 0 Å². The van der Waals surface area contributed by atoms with Gasteiger partial charge in [-0.15, -0.1) is 0 Å². The first-order valence-electron chi connectivity index (χ1n) is 6.96. The molecule has 0 spiro atoms. The van der Waals surface area contributed by atoms with Gasteiger partial charge in [0.15, 0.2) is 0 Å². The molecule has 1 N–H and O–H groups in total. The lowest BCUT2D eigenvalue weighted by molar-refractivity contribution is -0.120. The highest BCUT2D eigenvalue weighted by Crippen LogP contribution is 2.22. The predicted molar refractivity (Wildman–Crippen MR) is 83.8 cm³/mol. The first-order valence-corrected chi connectivity index (χ1v) is 8.95. The molecule has 1 saturated heterocycles. The van der Waals surface area contributed by atoms with Crippen molar-refractivity contribution in [1.29, 1.82) is 0 Å². The van der Waals surface area contributed by atoms with E-state index in [-0.39, 0.29) is 24.1 Å². The van der Waals surface area contributed by atoms with E-state index in [1.54, 1.807) is 31.2 Å². The molecular formula is C14H19ClN2O3S. The van der Waals surface area contributed by atoms with Gasteiger partial charge in [0, 0.05) is 23.8 Å². The number of carbonyl (C=O) groups excluding carboxylic acids is 1. The molecule has 1 aliphatic heterocycles. The molecule has 1 heterocycles. The fourth-order valence-electron chi connectivity index (χ4n) is 2.40. The lowest BCUT2D eigenvalue weighted by Crippen LogP contribution is -2.44. The zero-order valence-corrected chi connectivity index (χ0v) is 13.5. The lowest BCUT2D eigenvalue weighted by Gasteiger charge is -2.30. The topological polar surface area (TPSA) is 66.5 Å². The van der Waals surface area contributed by atoms with Gasteiger partial charge in [0.05, 0.1) is 11.7 Å². The second-order valence-electron chi connectivity index (χ2n) is 5.10. The zero-order valence-electron chi connectivity index (χ0n) is 11.9. The molecule has 1 amide bonds. The van der Waals surface area contributed by atoms with Gasteiger partial charge in [0.2, 0.25) is 15.9 Å². The van der Waals surface area contributed by atoms with E-state index < -0.39 is 10.0 Å². The van der Waals surface area contributed by atoms with Crippen molar-refractivity contribution >= 4 is 33.2 Å². The second kappa shape index (κ2) is 6.77. The van der Waals surface area contributed by atoms with Gasteiger partial charge in [0.1, 0.15) is 0 Å².